The molecule has 0 fully saturated rings. The van der Waals surface area contributed by atoms with Crippen LogP contribution in [0.1, 0.15) is 31.9 Å². The quantitative estimate of drug-likeness (QED) is 0.485. The second-order valence-corrected chi connectivity index (χ2v) is 11.3. The molecule has 2 aromatic rings. The van der Waals surface area contributed by atoms with Gasteiger partial charge in [-0.2, -0.15) is 0 Å². The van der Waals surface area contributed by atoms with Crippen molar-refractivity contribution in [2.24, 2.45) is 5.92 Å². The molecule has 10 heteroatoms. The average Bonchev–Trinajstić information content (AvgIpc) is 2.79. The molecule has 192 valence electrons. The molecule has 0 saturated carbocycles. The van der Waals surface area contributed by atoms with Gasteiger partial charge in [0.2, 0.25) is 21.8 Å². The molecule has 0 aromatic heterocycles. The van der Waals surface area contributed by atoms with Crippen molar-refractivity contribution in [3.8, 4) is 5.75 Å². The van der Waals surface area contributed by atoms with Gasteiger partial charge in [0.25, 0.3) is 0 Å². The van der Waals surface area contributed by atoms with E-state index in [1.807, 2.05) is 20.8 Å². The summed E-state index contributed by atoms with van der Waals surface area (Å²) in [4.78, 5) is 27.8. The number of nitrogens with zero attached hydrogens (tertiary/aromatic N) is 2. The van der Waals surface area contributed by atoms with Gasteiger partial charge in [-0.15, -0.1) is 0 Å². The van der Waals surface area contributed by atoms with Crippen LogP contribution in [0, 0.1) is 12.8 Å². The molecule has 8 nitrogen and oxygen atoms in total. The van der Waals surface area contributed by atoms with Gasteiger partial charge in [-0.05, 0) is 55.2 Å². The Morgan fingerprint density at radius 3 is 2.26 bits per heavy atom. The zero-order valence-corrected chi connectivity index (χ0v) is 22.6. The highest BCUT2D eigenvalue weighted by Crippen LogP contribution is 2.31. The summed E-state index contributed by atoms with van der Waals surface area (Å²) < 4.78 is 31.9. The lowest BCUT2D eigenvalue weighted by atomic mass is 10.1. The Kier molecular flexibility index (Phi) is 9.97. The summed E-state index contributed by atoms with van der Waals surface area (Å²) in [5, 5.41) is 3.39. The SMILES string of the molecule is COc1ccc(C)cc1N(CC(=O)N(Cc1ccc(Cl)cc1)C(C)C(=O)NCC(C)C)S(C)(=O)=O. The number of benzene rings is 2. The molecule has 0 aliphatic carbocycles. The van der Waals surface area contributed by atoms with Gasteiger partial charge in [0.15, 0.2) is 0 Å². The minimum Gasteiger partial charge on any atom is -0.495 e. The number of halogens is 1. The fourth-order valence-electron chi connectivity index (χ4n) is 3.41. The average molecular weight is 524 g/mol. The number of hydrogen-bond acceptors (Lipinski definition) is 5. The Labute approximate surface area is 213 Å². The fraction of sp³-hybridized carbons (Fsp3) is 0.440. The minimum atomic E-state index is -3.85. The molecular formula is C25H34ClN3O5S. The number of sulfonamides is 1. The van der Waals surface area contributed by atoms with Gasteiger partial charge in [0, 0.05) is 18.1 Å². The Hall–Kier alpha value is -2.78. The number of nitrogens with one attached hydrogen (secondary N) is 1. The molecule has 1 atom stereocenters. The molecule has 0 radical (unpaired) electrons. The lowest BCUT2D eigenvalue weighted by Crippen LogP contribution is -2.51. The molecular weight excluding hydrogens is 490 g/mol. The predicted molar refractivity (Wildman–Crippen MR) is 139 cm³/mol. The lowest BCUT2D eigenvalue weighted by Gasteiger charge is -2.32. The molecule has 2 rings (SSSR count). The maximum atomic E-state index is 13.6. The smallest absolute Gasteiger partial charge is 0.244 e. The first-order chi connectivity index (χ1) is 16.3. The Morgan fingerprint density at radius 2 is 1.71 bits per heavy atom. The first-order valence-electron chi connectivity index (χ1n) is 11.3. The van der Waals surface area contributed by atoms with Crippen molar-refractivity contribution in [1.29, 1.82) is 0 Å². The number of aryl methyl sites for hydroxylation is 1. The Morgan fingerprint density at radius 1 is 1.09 bits per heavy atom. The molecule has 1 N–H and O–H groups in total. The van der Waals surface area contributed by atoms with Crippen LogP contribution in [0.3, 0.4) is 0 Å². The summed E-state index contributed by atoms with van der Waals surface area (Å²) in [6.07, 6.45) is 1.03. The Balaban J connectivity index is 2.43. The van der Waals surface area contributed by atoms with E-state index in [2.05, 4.69) is 5.32 Å². The zero-order valence-electron chi connectivity index (χ0n) is 21.0. The van der Waals surface area contributed by atoms with Gasteiger partial charge < -0.3 is 15.0 Å². The van der Waals surface area contributed by atoms with Crippen molar-refractivity contribution in [2.75, 3.05) is 30.8 Å². The second kappa shape index (κ2) is 12.3. The summed E-state index contributed by atoms with van der Waals surface area (Å²) in [5.74, 6) is -0.289. The van der Waals surface area contributed by atoms with Crippen molar-refractivity contribution < 1.29 is 22.7 Å². The third-order valence-corrected chi connectivity index (χ3v) is 6.78. The van der Waals surface area contributed by atoms with Crippen molar-refractivity contribution in [1.82, 2.24) is 10.2 Å². The third-order valence-electron chi connectivity index (χ3n) is 5.40. The van der Waals surface area contributed by atoms with E-state index in [0.717, 1.165) is 21.7 Å². The van der Waals surface area contributed by atoms with Crippen LogP contribution in [-0.2, 0) is 26.2 Å². The van der Waals surface area contributed by atoms with E-state index in [4.69, 9.17) is 16.3 Å². The van der Waals surface area contributed by atoms with Gasteiger partial charge in [-0.25, -0.2) is 8.42 Å². The van der Waals surface area contributed by atoms with E-state index in [1.165, 1.54) is 12.0 Å². The topological polar surface area (TPSA) is 96.0 Å². The summed E-state index contributed by atoms with van der Waals surface area (Å²) in [6, 6.07) is 11.2. The second-order valence-electron chi connectivity index (χ2n) is 8.91. The number of hydrogen-bond donors (Lipinski definition) is 1. The largest absolute Gasteiger partial charge is 0.495 e. The van der Waals surface area contributed by atoms with E-state index in [1.54, 1.807) is 49.4 Å². The molecule has 2 amide bonds. The van der Waals surface area contributed by atoms with E-state index in [0.29, 0.717) is 17.3 Å². The van der Waals surface area contributed by atoms with Gasteiger partial charge in [-0.3, -0.25) is 13.9 Å². The van der Waals surface area contributed by atoms with Gasteiger partial charge in [0.1, 0.15) is 18.3 Å². The van der Waals surface area contributed by atoms with Crippen LogP contribution < -0.4 is 14.4 Å². The Bertz CT molecular complexity index is 1140. The van der Waals surface area contributed by atoms with E-state index in [9.17, 15) is 18.0 Å². The standard InChI is InChI=1S/C25H34ClN3O5S/c1-17(2)14-27-25(31)19(4)28(15-20-8-10-21(26)11-9-20)24(30)16-29(35(6,32)33)22-13-18(3)7-12-23(22)34-5/h7-13,17,19H,14-16H2,1-6H3,(H,27,31). The van der Waals surface area contributed by atoms with Gasteiger partial charge >= 0.3 is 0 Å². The highest BCUT2D eigenvalue weighted by atomic mass is 35.5. The van der Waals surface area contributed by atoms with Gasteiger partial charge in [0.05, 0.1) is 19.1 Å². The first-order valence-corrected chi connectivity index (χ1v) is 13.5. The summed E-state index contributed by atoms with van der Waals surface area (Å²) in [6.45, 7) is 7.47. The summed E-state index contributed by atoms with van der Waals surface area (Å²) >= 11 is 5.99. The van der Waals surface area contributed by atoms with Crippen molar-refractivity contribution >= 4 is 39.1 Å². The minimum absolute atomic E-state index is 0.106. The number of anilines is 1. The molecule has 35 heavy (non-hydrogen) atoms. The number of amides is 2. The molecule has 1 unspecified atom stereocenters. The number of ether oxygens (including phenoxy) is 1. The zero-order chi connectivity index (χ0) is 26.3. The summed E-state index contributed by atoms with van der Waals surface area (Å²) in [5.41, 5.74) is 1.82. The molecule has 0 aliphatic heterocycles. The maximum Gasteiger partial charge on any atom is 0.244 e. The number of carbonyl (C=O) groups excluding carboxylic acids is 2. The number of methoxy groups -OCH3 is 1. The molecule has 0 aliphatic rings. The molecule has 0 bridgehead atoms. The van der Waals surface area contributed by atoms with Gasteiger partial charge in [-0.1, -0.05) is 43.6 Å². The first kappa shape index (κ1) is 28.5. The summed E-state index contributed by atoms with van der Waals surface area (Å²) in [7, 11) is -2.42. The molecule has 0 heterocycles. The van der Waals surface area contributed by atoms with Crippen LogP contribution in [0.2, 0.25) is 5.02 Å². The number of rotatable bonds is 11. The third kappa shape index (κ3) is 8.14. The monoisotopic (exact) mass is 523 g/mol. The maximum absolute atomic E-state index is 13.6. The highest BCUT2D eigenvalue weighted by Gasteiger charge is 2.31. The van der Waals surface area contributed by atoms with Crippen LogP contribution in [0.5, 0.6) is 5.75 Å². The highest BCUT2D eigenvalue weighted by molar-refractivity contribution is 7.92. The molecule has 0 saturated heterocycles. The van der Waals surface area contributed by atoms with Crippen LogP contribution in [-0.4, -0.2) is 57.6 Å². The van der Waals surface area contributed by atoms with Crippen molar-refractivity contribution in [3.63, 3.8) is 0 Å². The van der Waals surface area contributed by atoms with Crippen molar-refractivity contribution in [3.05, 3.63) is 58.6 Å². The van der Waals surface area contributed by atoms with E-state index in [-0.39, 0.29) is 24.1 Å². The molecule has 2 aromatic carbocycles. The van der Waals surface area contributed by atoms with Crippen LogP contribution in [0.25, 0.3) is 0 Å². The molecule has 0 spiro atoms. The van der Waals surface area contributed by atoms with Crippen LogP contribution in [0.4, 0.5) is 5.69 Å². The van der Waals surface area contributed by atoms with Crippen LogP contribution in [0.15, 0.2) is 42.5 Å². The fourth-order valence-corrected chi connectivity index (χ4v) is 4.38. The van der Waals surface area contributed by atoms with E-state index < -0.39 is 28.5 Å². The predicted octanol–water partition coefficient (Wildman–Crippen LogP) is 3.61. The van der Waals surface area contributed by atoms with Crippen molar-refractivity contribution in [2.45, 2.75) is 40.3 Å². The normalized spacial score (nSPS) is 12.2. The van der Waals surface area contributed by atoms with E-state index >= 15 is 0 Å². The lowest BCUT2D eigenvalue weighted by molar-refractivity contribution is -0.139. The number of carbonyl (C=O) groups is 2. The van der Waals surface area contributed by atoms with Crippen LogP contribution >= 0.6 is 11.6 Å².